The van der Waals surface area contributed by atoms with E-state index in [1.807, 2.05) is 18.3 Å². The van der Waals surface area contributed by atoms with Crippen molar-refractivity contribution in [2.75, 3.05) is 0 Å². The van der Waals surface area contributed by atoms with Gasteiger partial charge in [0, 0.05) is 25.2 Å². The SMILES string of the molecule is Cn1ccc2cccc(C(=O)NS(=O)(=O)c3ccc(CN)cc3)c21. The number of nitrogens with one attached hydrogen (secondary N) is 1. The molecule has 0 spiro atoms. The lowest BCUT2D eigenvalue weighted by Gasteiger charge is -2.09. The van der Waals surface area contributed by atoms with Crippen LogP contribution < -0.4 is 10.5 Å². The third-order valence-electron chi connectivity index (χ3n) is 3.84. The molecule has 0 saturated carbocycles. The number of aryl methyl sites for hydroxylation is 1. The Morgan fingerprint density at radius 2 is 1.83 bits per heavy atom. The maximum absolute atomic E-state index is 12.5. The van der Waals surface area contributed by atoms with Crippen LogP contribution in [0.5, 0.6) is 0 Å². The number of amides is 1. The third-order valence-corrected chi connectivity index (χ3v) is 5.19. The second-order valence-corrected chi connectivity index (χ2v) is 7.14. The largest absolute Gasteiger partial charge is 0.350 e. The van der Waals surface area contributed by atoms with Crippen LogP contribution in [0.15, 0.2) is 59.6 Å². The van der Waals surface area contributed by atoms with E-state index in [0.29, 0.717) is 17.6 Å². The van der Waals surface area contributed by atoms with Crippen molar-refractivity contribution in [1.29, 1.82) is 0 Å². The summed E-state index contributed by atoms with van der Waals surface area (Å²) in [6.07, 6.45) is 1.82. The van der Waals surface area contributed by atoms with Gasteiger partial charge in [-0.15, -0.1) is 0 Å². The van der Waals surface area contributed by atoms with Crippen molar-refractivity contribution in [3.05, 3.63) is 65.9 Å². The molecule has 3 N–H and O–H groups in total. The lowest BCUT2D eigenvalue weighted by molar-refractivity contribution is 0.0982. The van der Waals surface area contributed by atoms with Crippen LogP contribution in [-0.2, 0) is 23.6 Å². The predicted molar refractivity (Wildman–Crippen MR) is 91.9 cm³/mol. The molecule has 0 aliphatic carbocycles. The summed E-state index contributed by atoms with van der Waals surface area (Å²) in [4.78, 5) is 12.5. The zero-order valence-electron chi connectivity index (χ0n) is 13.1. The fraction of sp³-hybridized carbons (Fsp3) is 0.118. The first-order valence-corrected chi connectivity index (χ1v) is 8.81. The van der Waals surface area contributed by atoms with Gasteiger partial charge in [-0.05, 0) is 29.8 Å². The first-order chi connectivity index (χ1) is 11.4. The topological polar surface area (TPSA) is 94.2 Å². The van der Waals surface area contributed by atoms with Gasteiger partial charge in [0.2, 0.25) is 0 Å². The van der Waals surface area contributed by atoms with Crippen LogP contribution >= 0.6 is 0 Å². The number of benzene rings is 2. The average Bonchev–Trinajstić information content (AvgIpc) is 2.96. The van der Waals surface area contributed by atoms with Gasteiger partial charge in [0.1, 0.15) is 0 Å². The molecule has 6 nitrogen and oxygen atoms in total. The maximum Gasteiger partial charge on any atom is 0.267 e. The number of hydrogen-bond acceptors (Lipinski definition) is 4. The first kappa shape index (κ1) is 16.2. The molecule has 24 heavy (non-hydrogen) atoms. The van der Waals surface area contributed by atoms with E-state index < -0.39 is 15.9 Å². The summed E-state index contributed by atoms with van der Waals surface area (Å²) >= 11 is 0. The summed E-state index contributed by atoms with van der Waals surface area (Å²) in [7, 11) is -2.14. The molecule has 1 aromatic heterocycles. The average molecular weight is 343 g/mol. The summed E-state index contributed by atoms with van der Waals surface area (Å²) < 4.78 is 28.7. The molecule has 7 heteroatoms. The second-order valence-electron chi connectivity index (χ2n) is 5.45. The quantitative estimate of drug-likeness (QED) is 0.755. The van der Waals surface area contributed by atoms with Crippen molar-refractivity contribution in [2.24, 2.45) is 12.8 Å². The normalized spacial score (nSPS) is 11.6. The number of hydrogen-bond donors (Lipinski definition) is 2. The van der Waals surface area contributed by atoms with Gasteiger partial charge in [0.05, 0.1) is 16.0 Å². The number of nitrogens with two attached hydrogens (primary N) is 1. The van der Waals surface area contributed by atoms with E-state index in [9.17, 15) is 13.2 Å². The van der Waals surface area contributed by atoms with Crippen LogP contribution in [0.4, 0.5) is 0 Å². The van der Waals surface area contributed by atoms with Crippen LogP contribution in [0.3, 0.4) is 0 Å². The first-order valence-electron chi connectivity index (χ1n) is 7.32. The van der Waals surface area contributed by atoms with Gasteiger partial charge in [-0.1, -0.05) is 24.3 Å². The third kappa shape index (κ3) is 2.91. The molecule has 3 aromatic rings. The zero-order valence-corrected chi connectivity index (χ0v) is 13.9. The Kier molecular flexibility index (Phi) is 4.13. The fourth-order valence-electron chi connectivity index (χ4n) is 2.58. The van der Waals surface area contributed by atoms with Gasteiger partial charge in [0.15, 0.2) is 0 Å². The molecule has 1 amide bonds. The Bertz CT molecular complexity index is 1010. The molecule has 0 aliphatic rings. The minimum absolute atomic E-state index is 0.0205. The van der Waals surface area contributed by atoms with Gasteiger partial charge >= 0.3 is 0 Å². The van der Waals surface area contributed by atoms with E-state index in [0.717, 1.165) is 10.9 Å². The molecule has 0 unspecified atom stereocenters. The highest BCUT2D eigenvalue weighted by atomic mass is 32.2. The van der Waals surface area contributed by atoms with Crippen LogP contribution in [0.1, 0.15) is 15.9 Å². The fourth-order valence-corrected chi connectivity index (χ4v) is 3.55. The summed E-state index contributed by atoms with van der Waals surface area (Å²) in [5, 5.41) is 0.870. The number of aromatic nitrogens is 1. The van der Waals surface area contributed by atoms with Crippen LogP contribution in [-0.4, -0.2) is 18.9 Å². The Labute approximate surface area is 139 Å². The van der Waals surface area contributed by atoms with Gasteiger partial charge in [-0.3, -0.25) is 4.79 Å². The van der Waals surface area contributed by atoms with Crippen LogP contribution in [0.2, 0.25) is 0 Å². The minimum atomic E-state index is -3.95. The number of carbonyl (C=O) groups is 1. The van der Waals surface area contributed by atoms with Crippen LogP contribution in [0.25, 0.3) is 10.9 Å². The number of fused-ring (bicyclic) bond motifs is 1. The molecule has 3 rings (SSSR count). The lowest BCUT2D eigenvalue weighted by atomic mass is 10.1. The lowest BCUT2D eigenvalue weighted by Crippen LogP contribution is -2.31. The Morgan fingerprint density at radius 1 is 1.12 bits per heavy atom. The molecule has 0 aliphatic heterocycles. The number of carbonyl (C=O) groups excluding carboxylic acids is 1. The number of rotatable bonds is 4. The summed E-state index contributed by atoms with van der Waals surface area (Å²) in [5.41, 5.74) is 7.31. The van der Waals surface area contributed by atoms with E-state index in [2.05, 4.69) is 4.72 Å². The molecule has 0 bridgehead atoms. The van der Waals surface area contributed by atoms with Crippen molar-refractivity contribution in [3.8, 4) is 0 Å². The minimum Gasteiger partial charge on any atom is -0.350 e. The van der Waals surface area contributed by atoms with Crippen molar-refractivity contribution in [3.63, 3.8) is 0 Å². The number of sulfonamides is 1. The zero-order chi connectivity index (χ0) is 17.3. The summed E-state index contributed by atoms with van der Waals surface area (Å²) in [6, 6.07) is 13.2. The summed E-state index contributed by atoms with van der Waals surface area (Å²) in [5.74, 6) is -0.662. The Balaban J connectivity index is 1.94. The van der Waals surface area contributed by atoms with Crippen molar-refractivity contribution >= 4 is 26.8 Å². The molecule has 0 fully saturated rings. The number of para-hydroxylation sites is 1. The van der Waals surface area contributed by atoms with Crippen molar-refractivity contribution in [1.82, 2.24) is 9.29 Å². The predicted octanol–water partition coefficient (Wildman–Crippen LogP) is 1.76. The van der Waals surface area contributed by atoms with Crippen LogP contribution in [0, 0.1) is 0 Å². The Morgan fingerprint density at radius 3 is 2.50 bits per heavy atom. The number of nitrogens with zero attached hydrogens (tertiary/aromatic N) is 1. The van der Waals surface area contributed by atoms with E-state index in [-0.39, 0.29) is 4.90 Å². The van der Waals surface area contributed by atoms with E-state index >= 15 is 0 Å². The van der Waals surface area contributed by atoms with Gasteiger partial charge < -0.3 is 10.3 Å². The highest BCUT2D eigenvalue weighted by molar-refractivity contribution is 7.90. The molecule has 0 atom stereocenters. The van der Waals surface area contributed by atoms with Gasteiger partial charge in [-0.25, -0.2) is 13.1 Å². The van der Waals surface area contributed by atoms with E-state index in [4.69, 9.17) is 5.73 Å². The highest BCUT2D eigenvalue weighted by Gasteiger charge is 2.20. The molecule has 0 radical (unpaired) electrons. The molecule has 124 valence electrons. The molecular formula is C17H17N3O3S. The molecule has 2 aromatic carbocycles. The highest BCUT2D eigenvalue weighted by Crippen LogP contribution is 2.20. The Hall–Kier alpha value is -2.64. The molecular weight excluding hydrogens is 326 g/mol. The van der Waals surface area contributed by atoms with E-state index in [1.54, 1.807) is 35.9 Å². The molecule has 0 saturated heterocycles. The van der Waals surface area contributed by atoms with Crippen molar-refractivity contribution in [2.45, 2.75) is 11.4 Å². The van der Waals surface area contributed by atoms with Crippen molar-refractivity contribution < 1.29 is 13.2 Å². The molecule has 1 heterocycles. The van der Waals surface area contributed by atoms with Gasteiger partial charge in [0.25, 0.3) is 15.9 Å². The maximum atomic E-state index is 12.5. The monoisotopic (exact) mass is 343 g/mol. The van der Waals surface area contributed by atoms with E-state index in [1.165, 1.54) is 12.1 Å². The second kappa shape index (κ2) is 6.10. The van der Waals surface area contributed by atoms with Gasteiger partial charge in [-0.2, -0.15) is 0 Å². The smallest absolute Gasteiger partial charge is 0.267 e. The standard InChI is InChI=1S/C17H17N3O3S/c1-20-10-9-13-3-2-4-15(16(13)20)17(21)19-24(22,23)14-7-5-12(11-18)6-8-14/h2-10H,11,18H2,1H3,(H,19,21). The summed E-state index contributed by atoms with van der Waals surface area (Å²) in [6.45, 7) is 0.322.